The van der Waals surface area contributed by atoms with Gasteiger partial charge >= 0.3 is 0 Å². The molecule has 1 aliphatic rings. The van der Waals surface area contributed by atoms with Crippen LogP contribution in [0.15, 0.2) is 0 Å². The summed E-state index contributed by atoms with van der Waals surface area (Å²) in [7, 11) is 0. The van der Waals surface area contributed by atoms with E-state index in [1.807, 2.05) is 13.8 Å². The summed E-state index contributed by atoms with van der Waals surface area (Å²) in [4.78, 5) is 25.2. The molecule has 2 amide bonds. The zero-order valence-corrected chi connectivity index (χ0v) is 12.6. The van der Waals surface area contributed by atoms with E-state index in [1.54, 1.807) is 25.7 Å². The fourth-order valence-corrected chi connectivity index (χ4v) is 2.02. The van der Waals surface area contributed by atoms with Crippen LogP contribution in [0.5, 0.6) is 0 Å². The maximum Gasteiger partial charge on any atom is 0.223 e. The second-order valence-corrected chi connectivity index (χ2v) is 6.45. The molecule has 0 bridgehead atoms. The fraction of sp³-hybridized carbons (Fsp3) is 0.857. The van der Waals surface area contributed by atoms with Gasteiger partial charge in [-0.2, -0.15) is 0 Å². The topological polar surface area (TPSA) is 69.6 Å². The summed E-state index contributed by atoms with van der Waals surface area (Å²) in [5.74, 6) is -0.0387. The van der Waals surface area contributed by atoms with Crippen molar-refractivity contribution < 1.29 is 14.7 Å². The second-order valence-electron chi connectivity index (χ2n) is 6.45. The van der Waals surface area contributed by atoms with Crippen LogP contribution in [0.2, 0.25) is 0 Å². The van der Waals surface area contributed by atoms with E-state index >= 15 is 0 Å². The zero-order chi connectivity index (χ0) is 14.8. The predicted molar refractivity (Wildman–Crippen MR) is 73.5 cm³/mol. The molecule has 19 heavy (non-hydrogen) atoms. The highest BCUT2D eigenvalue weighted by Crippen LogP contribution is 2.23. The number of hydrogen-bond donors (Lipinski definition) is 2. The summed E-state index contributed by atoms with van der Waals surface area (Å²) in [6, 6.07) is 0. The third kappa shape index (κ3) is 3.93. The summed E-state index contributed by atoms with van der Waals surface area (Å²) in [5.41, 5.74) is -1.66. The van der Waals surface area contributed by atoms with Crippen LogP contribution >= 0.6 is 0 Å². The summed E-state index contributed by atoms with van der Waals surface area (Å²) < 4.78 is 0. The van der Waals surface area contributed by atoms with Crippen molar-refractivity contribution in [2.45, 2.75) is 58.6 Å². The Bertz CT molecular complexity index is 350. The predicted octanol–water partition coefficient (Wildman–Crippen LogP) is 0.911. The SMILES string of the molecule is CC(=O)N1CCC(C(=O)NC(C)(C)C(C)(C)O)CC1. The number of carbonyl (C=O) groups excluding carboxylic acids is 2. The maximum absolute atomic E-state index is 12.2. The zero-order valence-electron chi connectivity index (χ0n) is 12.6. The Labute approximate surface area is 115 Å². The van der Waals surface area contributed by atoms with Gasteiger partial charge in [0.2, 0.25) is 11.8 Å². The summed E-state index contributed by atoms with van der Waals surface area (Å²) in [6.45, 7) is 9.83. The van der Waals surface area contributed by atoms with Gasteiger partial charge in [0.15, 0.2) is 0 Å². The Hall–Kier alpha value is -1.10. The first-order chi connectivity index (χ1) is 8.54. The smallest absolute Gasteiger partial charge is 0.223 e. The number of aliphatic hydroxyl groups is 1. The lowest BCUT2D eigenvalue weighted by molar-refractivity contribution is -0.136. The molecule has 0 atom stereocenters. The van der Waals surface area contributed by atoms with Crippen LogP contribution in [0, 0.1) is 5.92 Å². The number of hydrogen-bond acceptors (Lipinski definition) is 3. The molecule has 0 radical (unpaired) electrons. The summed E-state index contributed by atoms with van der Waals surface area (Å²) in [6.07, 6.45) is 1.38. The van der Waals surface area contributed by atoms with E-state index in [-0.39, 0.29) is 17.7 Å². The van der Waals surface area contributed by atoms with Crippen molar-refractivity contribution in [3.05, 3.63) is 0 Å². The average Bonchev–Trinajstić information content (AvgIpc) is 2.27. The highest BCUT2D eigenvalue weighted by atomic mass is 16.3. The van der Waals surface area contributed by atoms with Gasteiger partial charge in [0.1, 0.15) is 0 Å². The molecule has 1 heterocycles. The number of carbonyl (C=O) groups is 2. The molecule has 0 unspecified atom stereocenters. The lowest BCUT2D eigenvalue weighted by Crippen LogP contribution is -2.59. The third-order valence-electron chi connectivity index (χ3n) is 4.28. The van der Waals surface area contributed by atoms with E-state index in [0.717, 1.165) is 0 Å². The van der Waals surface area contributed by atoms with Crippen molar-refractivity contribution >= 4 is 11.8 Å². The van der Waals surface area contributed by atoms with Crippen molar-refractivity contribution in [3.63, 3.8) is 0 Å². The molecule has 5 heteroatoms. The van der Waals surface area contributed by atoms with Gasteiger partial charge in [0.05, 0.1) is 11.1 Å². The molecule has 0 aromatic rings. The van der Waals surface area contributed by atoms with Crippen LogP contribution in [0.4, 0.5) is 0 Å². The lowest BCUT2D eigenvalue weighted by atomic mass is 9.84. The van der Waals surface area contributed by atoms with E-state index in [9.17, 15) is 14.7 Å². The van der Waals surface area contributed by atoms with E-state index < -0.39 is 11.1 Å². The van der Waals surface area contributed by atoms with E-state index in [0.29, 0.717) is 25.9 Å². The largest absolute Gasteiger partial charge is 0.388 e. The first kappa shape index (κ1) is 16.0. The second kappa shape index (κ2) is 5.49. The van der Waals surface area contributed by atoms with Crippen LogP contribution in [0.25, 0.3) is 0 Å². The van der Waals surface area contributed by atoms with Gasteiger partial charge in [0, 0.05) is 25.9 Å². The molecule has 0 aromatic carbocycles. The van der Waals surface area contributed by atoms with Crippen LogP contribution in [0.3, 0.4) is 0 Å². The van der Waals surface area contributed by atoms with Crippen molar-refractivity contribution in [1.82, 2.24) is 10.2 Å². The number of piperidine rings is 1. The van der Waals surface area contributed by atoms with Gasteiger partial charge in [0.25, 0.3) is 0 Å². The van der Waals surface area contributed by atoms with E-state index in [2.05, 4.69) is 5.32 Å². The molecule has 0 aromatic heterocycles. The van der Waals surface area contributed by atoms with Gasteiger partial charge in [-0.25, -0.2) is 0 Å². The molecule has 1 saturated heterocycles. The van der Waals surface area contributed by atoms with E-state index in [1.165, 1.54) is 0 Å². The number of likely N-dealkylation sites (tertiary alicyclic amines) is 1. The van der Waals surface area contributed by atoms with Crippen molar-refractivity contribution in [2.75, 3.05) is 13.1 Å². The van der Waals surface area contributed by atoms with Crippen molar-refractivity contribution in [2.24, 2.45) is 5.92 Å². The van der Waals surface area contributed by atoms with Gasteiger partial charge < -0.3 is 15.3 Å². The molecule has 5 nitrogen and oxygen atoms in total. The molecule has 2 N–H and O–H groups in total. The van der Waals surface area contributed by atoms with Gasteiger partial charge in [-0.05, 0) is 40.5 Å². The molecule has 0 aliphatic carbocycles. The summed E-state index contributed by atoms with van der Waals surface area (Å²) >= 11 is 0. The quantitative estimate of drug-likeness (QED) is 0.801. The average molecular weight is 270 g/mol. The van der Waals surface area contributed by atoms with Crippen LogP contribution < -0.4 is 5.32 Å². The highest BCUT2D eigenvalue weighted by Gasteiger charge is 2.38. The number of nitrogens with one attached hydrogen (secondary N) is 1. The minimum Gasteiger partial charge on any atom is -0.388 e. The monoisotopic (exact) mass is 270 g/mol. The molecule has 1 aliphatic heterocycles. The Morgan fingerprint density at radius 2 is 1.63 bits per heavy atom. The first-order valence-electron chi connectivity index (χ1n) is 6.84. The first-order valence-corrected chi connectivity index (χ1v) is 6.84. The van der Waals surface area contributed by atoms with Crippen molar-refractivity contribution in [1.29, 1.82) is 0 Å². The van der Waals surface area contributed by atoms with Gasteiger partial charge in [-0.1, -0.05) is 0 Å². The standard InChI is InChI=1S/C14H26N2O3/c1-10(17)16-8-6-11(7-9-16)12(18)15-13(2,3)14(4,5)19/h11,19H,6-9H2,1-5H3,(H,15,18). The van der Waals surface area contributed by atoms with Gasteiger partial charge in [-0.15, -0.1) is 0 Å². The van der Waals surface area contributed by atoms with Crippen LogP contribution in [0.1, 0.15) is 47.5 Å². The van der Waals surface area contributed by atoms with Crippen molar-refractivity contribution in [3.8, 4) is 0 Å². The number of rotatable bonds is 3. The highest BCUT2D eigenvalue weighted by molar-refractivity contribution is 5.80. The molecule has 1 fully saturated rings. The molecule has 0 saturated carbocycles. The fourth-order valence-electron chi connectivity index (χ4n) is 2.02. The lowest BCUT2D eigenvalue weighted by Gasteiger charge is -2.40. The summed E-state index contributed by atoms with van der Waals surface area (Å²) in [5, 5.41) is 13.0. The Morgan fingerprint density at radius 3 is 2.00 bits per heavy atom. The van der Waals surface area contributed by atoms with Crippen LogP contribution in [-0.2, 0) is 9.59 Å². The minimum absolute atomic E-state index is 0.0321. The Kier molecular flexibility index (Phi) is 4.61. The third-order valence-corrected chi connectivity index (χ3v) is 4.28. The Morgan fingerprint density at radius 1 is 1.16 bits per heavy atom. The minimum atomic E-state index is -0.983. The number of amides is 2. The normalized spacial score (nSPS) is 18.3. The van der Waals surface area contributed by atoms with Crippen LogP contribution in [-0.4, -0.2) is 46.1 Å². The molecule has 0 spiro atoms. The van der Waals surface area contributed by atoms with E-state index in [4.69, 9.17) is 0 Å². The Balaban J connectivity index is 2.55. The molecular weight excluding hydrogens is 244 g/mol. The molecular formula is C14H26N2O3. The molecule has 1 rings (SSSR count). The maximum atomic E-state index is 12.2. The number of nitrogens with zero attached hydrogens (tertiary/aromatic N) is 1. The van der Waals surface area contributed by atoms with Gasteiger partial charge in [-0.3, -0.25) is 9.59 Å². The molecule has 110 valence electrons.